The maximum atomic E-state index is 11.9. The predicted octanol–water partition coefficient (Wildman–Crippen LogP) is 1.55. The van der Waals surface area contributed by atoms with E-state index in [4.69, 9.17) is 4.52 Å². The number of hydrogen-bond acceptors (Lipinski definition) is 4. The zero-order valence-electron chi connectivity index (χ0n) is 10.2. The van der Waals surface area contributed by atoms with E-state index in [2.05, 4.69) is 10.5 Å². The second-order valence-electron chi connectivity index (χ2n) is 4.06. The molecule has 17 heavy (non-hydrogen) atoms. The Bertz CT molecular complexity index is 380. The minimum Gasteiger partial charge on any atom is -0.361 e. The standard InChI is InChI=1S/C11H17N3O2S/c1-8-10(9(2)16-13-8)7-12-11(15)14-3-5-17-6-4-14/h3-7H2,1-2H3,(H,12,15). The largest absolute Gasteiger partial charge is 0.361 e. The molecule has 0 bridgehead atoms. The normalized spacial score (nSPS) is 16.0. The minimum absolute atomic E-state index is 0.00491. The van der Waals surface area contributed by atoms with Crippen LogP contribution in [-0.4, -0.2) is 40.7 Å². The van der Waals surface area contributed by atoms with Gasteiger partial charge in [0.1, 0.15) is 5.76 Å². The minimum atomic E-state index is 0.00491. The number of aryl methyl sites for hydroxylation is 2. The SMILES string of the molecule is Cc1noc(C)c1CNC(=O)N1CCSCC1. The van der Waals surface area contributed by atoms with E-state index >= 15 is 0 Å². The zero-order valence-corrected chi connectivity index (χ0v) is 11.0. The number of urea groups is 1. The molecule has 1 aromatic heterocycles. The van der Waals surface area contributed by atoms with E-state index in [1.54, 1.807) is 0 Å². The van der Waals surface area contributed by atoms with Gasteiger partial charge in [0.15, 0.2) is 0 Å². The molecule has 1 N–H and O–H groups in total. The first-order chi connectivity index (χ1) is 8.18. The summed E-state index contributed by atoms with van der Waals surface area (Å²) in [6.07, 6.45) is 0. The fraction of sp³-hybridized carbons (Fsp3) is 0.636. The van der Waals surface area contributed by atoms with Gasteiger partial charge in [-0.3, -0.25) is 0 Å². The van der Waals surface area contributed by atoms with E-state index in [-0.39, 0.29) is 6.03 Å². The smallest absolute Gasteiger partial charge is 0.317 e. The number of amides is 2. The fourth-order valence-corrected chi connectivity index (χ4v) is 2.70. The van der Waals surface area contributed by atoms with Gasteiger partial charge in [-0.1, -0.05) is 5.16 Å². The highest BCUT2D eigenvalue weighted by Crippen LogP contribution is 2.12. The average molecular weight is 255 g/mol. The third kappa shape index (κ3) is 2.94. The van der Waals surface area contributed by atoms with Crippen molar-refractivity contribution in [1.29, 1.82) is 0 Å². The Balaban J connectivity index is 1.87. The number of rotatable bonds is 2. The lowest BCUT2D eigenvalue weighted by atomic mass is 10.2. The molecule has 2 amide bonds. The Labute approximate surface area is 105 Å². The summed E-state index contributed by atoms with van der Waals surface area (Å²) in [6.45, 7) is 5.90. The summed E-state index contributed by atoms with van der Waals surface area (Å²) in [6, 6.07) is 0.00491. The molecular formula is C11H17N3O2S. The Hall–Kier alpha value is -1.17. The van der Waals surface area contributed by atoms with Gasteiger partial charge in [0, 0.05) is 36.7 Å². The van der Waals surface area contributed by atoms with E-state index < -0.39 is 0 Å². The van der Waals surface area contributed by atoms with Crippen LogP contribution >= 0.6 is 11.8 Å². The number of carbonyl (C=O) groups excluding carboxylic acids is 1. The maximum Gasteiger partial charge on any atom is 0.317 e. The summed E-state index contributed by atoms with van der Waals surface area (Å²) < 4.78 is 5.05. The van der Waals surface area contributed by atoms with Gasteiger partial charge in [-0.2, -0.15) is 11.8 Å². The maximum absolute atomic E-state index is 11.9. The lowest BCUT2D eigenvalue weighted by Gasteiger charge is -2.26. The second kappa shape index (κ2) is 5.44. The van der Waals surface area contributed by atoms with Crippen molar-refractivity contribution in [2.24, 2.45) is 0 Å². The van der Waals surface area contributed by atoms with Crippen LogP contribution in [0.5, 0.6) is 0 Å². The molecule has 1 aromatic rings. The van der Waals surface area contributed by atoms with Crippen LogP contribution in [0.1, 0.15) is 17.0 Å². The van der Waals surface area contributed by atoms with Crippen molar-refractivity contribution in [3.05, 3.63) is 17.0 Å². The van der Waals surface area contributed by atoms with Gasteiger partial charge >= 0.3 is 6.03 Å². The summed E-state index contributed by atoms with van der Waals surface area (Å²) >= 11 is 1.89. The molecule has 1 fully saturated rings. The number of nitrogens with one attached hydrogen (secondary N) is 1. The molecule has 0 spiro atoms. The molecule has 1 aliphatic heterocycles. The highest BCUT2D eigenvalue weighted by atomic mass is 32.2. The third-order valence-electron chi connectivity index (χ3n) is 2.90. The van der Waals surface area contributed by atoms with Gasteiger partial charge in [0.2, 0.25) is 0 Å². The first kappa shape index (κ1) is 12.3. The van der Waals surface area contributed by atoms with Crippen molar-refractivity contribution in [3.8, 4) is 0 Å². The fourth-order valence-electron chi connectivity index (χ4n) is 1.80. The summed E-state index contributed by atoms with van der Waals surface area (Å²) in [4.78, 5) is 13.7. The van der Waals surface area contributed by atoms with E-state index in [0.29, 0.717) is 6.54 Å². The number of nitrogens with zero attached hydrogens (tertiary/aromatic N) is 2. The molecule has 0 radical (unpaired) electrons. The summed E-state index contributed by atoms with van der Waals surface area (Å²) in [5.41, 5.74) is 1.82. The van der Waals surface area contributed by atoms with Crippen molar-refractivity contribution in [2.75, 3.05) is 24.6 Å². The summed E-state index contributed by atoms with van der Waals surface area (Å²) in [5, 5.41) is 6.78. The van der Waals surface area contributed by atoms with Crippen LogP contribution < -0.4 is 5.32 Å². The van der Waals surface area contributed by atoms with Crippen LogP contribution in [0.2, 0.25) is 0 Å². The number of aromatic nitrogens is 1. The Morgan fingerprint density at radius 3 is 2.76 bits per heavy atom. The van der Waals surface area contributed by atoms with Crippen molar-refractivity contribution in [1.82, 2.24) is 15.4 Å². The number of thioether (sulfide) groups is 1. The van der Waals surface area contributed by atoms with Crippen molar-refractivity contribution in [3.63, 3.8) is 0 Å². The summed E-state index contributed by atoms with van der Waals surface area (Å²) in [5.74, 6) is 2.83. The average Bonchev–Trinajstić information content (AvgIpc) is 2.67. The first-order valence-electron chi connectivity index (χ1n) is 5.70. The molecule has 94 valence electrons. The third-order valence-corrected chi connectivity index (χ3v) is 3.84. The van der Waals surface area contributed by atoms with Crippen molar-refractivity contribution < 1.29 is 9.32 Å². The predicted molar refractivity (Wildman–Crippen MR) is 67.1 cm³/mol. The molecule has 2 heterocycles. The molecule has 0 unspecified atom stereocenters. The van der Waals surface area contributed by atoms with E-state index in [0.717, 1.165) is 41.6 Å². The Morgan fingerprint density at radius 1 is 1.47 bits per heavy atom. The van der Waals surface area contributed by atoms with Crippen molar-refractivity contribution >= 4 is 17.8 Å². The first-order valence-corrected chi connectivity index (χ1v) is 6.86. The molecule has 0 saturated carbocycles. The number of hydrogen-bond donors (Lipinski definition) is 1. The molecule has 5 nitrogen and oxygen atoms in total. The molecule has 1 saturated heterocycles. The van der Waals surface area contributed by atoms with E-state index in [1.807, 2.05) is 30.5 Å². The van der Waals surface area contributed by atoms with Crippen molar-refractivity contribution in [2.45, 2.75) is 20.4 Å². The molecule has 0 atom stereocenters. The Kier molecular flexibility index (Phi) is 3.93. The van der Waals surface area contributed by atoms with Crippen LogP contribution in [0.4, 0.5) is 4.79 Å². The topological polar surface area (TPSA) is 58.4 Å². The molecule has 6 heteroatoms. The van der Waals surface area contributed by atoms with Gasteiger partial charge in [-0.05, 0) is 13.8 Å². The molecule has 0 aromatic carbocycles. The van der Waals surface area contributed by atoms with Crippen LogP contribution in [0.25, 0.3) is 0 Å². The van der Waals surface area contributed by atoms with Gasteiger partial charge in [0.05, 0.1) is 5.69 Å². The monoisotopic (exact) mass is 255 g/mol. The lowest BCUT2D eigenvalue weighted by Crippen LogP contribution is -2.44. The van der Waals surface area contributed by atoms with Crippen LogP contribution in [0, 0.1) is 13.8 Å². The summed E-state index contributed by atoms with van der Waals surface area (Å²) in [7, 11) is 0. The van der Waals surface area contributed by atoms with Crippen LogP contribution in [0.3, 0.4) is 0 Å². The quantitative estimate of drug-likeness (QED) is 0.871. The van der Waals surface area contributed by atoms with Crippen LogP contribution in [-0.2, 0) is 6.54 Å². The molecule has 2 rings (SSSR count). The molecular weight excluding hydrogens is 238 g/mol. The second-order valence-corrected chi connectivity index (χ2v) is 5.29. The van der Waals surface area contributed by atoms with Gasteiger partial charge < -0.3 is 14.7 Å². The molecule has 0 aliphatic carbocycles. The Morgan fingerprint density at radius 2 is 2.18 bits per heavy atom. The number of carbonyl (C=O) groups is 1. The zero-order chi connectivity index (χ0) is 12.3. The van der Waals surface area contributed by atoms with Gasteiger partial charge in [-0.15, -0.1) is 0 Å². The van der Waals surface area contributed by atoms with Gasteiger partial charge in [0.25, 0.3) is 0 Å². The van der Waals surface area contributed by atoms with E-state index in [1.165, 1.54) is 0 Å². The highest BCUT2D eigenvalue weighted by Gasteiger charge is 2.17. The van der Waals surface area contributed by atoms with Gasteiger partial charge in [-0.25, -0.2) is 4.79 Å². The van der Waals surface area contributed by atoms with E-state index in [9.17, 15) is 4.79 Å². The van der Waals surface area contributed by atoms with Crippen LogP contribution in [0.15, 0.2) is 4.52 Å². The highest BCUT2D eigenvalue weighted by molar-refractivity contribution is 7.99. The molecule has 1 aliphatic rings. The lowest BCUT2D eigenvalue weighted by molar-refractivity contribution is 0.202.